The van der Waals surface area contributed by atoms with Crippen molar-refractivity contribution in [2.45, 2.75) is 63.5 Å². The Morgan fingerprint density at radius 1 is 1.05 bits per heavy atom. The third-order valence-electron chi connectivity index (χ3n) is 5.46. The van der Waals surface area contributed by atoms with E-state index in [0.29, 0.717) is 0 Å². The van der Waals surface area contributed by atoms with Gasteiger partial charge < -0.3 is 5.73 Å². The number of benzene rings is 1. The largest absolute Gasteiger partial charge is 0.322 e. The predicted molar refractivity (Wildman–Crippen MR) is 84.7 cm³/mol. The van der Waals surface area contributed by atoms with Gasteiger partial charge in [0.1, 0.15) is 5.82 Å². The first kappa shape index (κ1) is 15.0. The van der Waals surface area contributed by atoms with Crippen LogP contribution in [0, 0.1) is 12.7 Å². The molecule has 1 unspecified atom stereocenters. The Kier molecular flexibility index (Phi) is 4.32. The van der Waals surface area contributed by atoms with Gasteiger partial charge in [0.05, 0.1) is 0 Å². The molecule has 2 aliphatic rings. The van der Waals surface area contributed by atoms with E-state index in [9.17, 15) is 4.39 Å². The first-order chi connectivity index (χ1) is 10.1. The summed E-state index contributed by atoms with van der Waals surface area (Å²) in [5.41, 5.74) is 8.69. The maximum absolute atomic E-state index is 13.8. The van der Waals surface area contributed by atoms with Crippen molar-refractivity contribution >= 4 is 0 Å². The second-order valence-electron chi connectivity index (χ2n) is 6.90. The summed E-state index contributed by atoms with van der Waals surface area (Å²) in [4.78, 5) is 2.62. The SMILES string of the molecule is Cc1cc(F)cc(C(N)C2(N3CCCCC3)CCCC2)c1. The van der Waals surface area contributed by atoms with Gasteiger partial charge in [-0.15, -0.1) is 0 Å². The van der Waals surface area contributed by atoms with Gasteiger partial charge in [-0.3, -0.25) is 4.90 Å². The molecule has 1 saturated carbocycles. The highest BCUT2D eigenvalue weighted by Crippen LogP contribution is 2.44. The average Bonchev–Trinajstić information content (AvgIpc) is 2.97. The van der Waals surface area contributed by atoms with Crippen LogP contribution in [0.25, 0.3) is 0 Å². The van der Waals surface area contributed by atoms with E-state index in [2.05, 4.69) is 11.0 Å². The number of hydrogen-bond donors (Lipinski definition) is 1. The number of aryl methyl sites for hydroxylation is 1. The zero-order valence-corrected chi connectivity index (χ0v) is 13.1. The number of rotatable bonds is 3. The van der Waals surface area contributed by atoms with Gasteiger partial charge in [-0.2, -0.15) is 0 Å². The monoisotopic (exact) mass is 290 g/mol. The smallest absolute Gasteiger partial charge is 0.123 e. The summed E-state index contributed by atoms with van der Waals surface area (Å²) in [6.07, 6.45) is 8.69. The van der Waals surface area contributed by atoms with Crippen molar-refractivity contribution in [3.63, 3.8) is 0 Å². The van der Waals surface area contributed by atoms with Gasteiger partial charge >= 0.3 is 0 Å². The highest BCUT2D eigenvalue weighted by Gasteiger charge is 2.45. The molecule has 116 valence electrons. The topological polar surface area (TPSA) is 29.3 Å². The number of halogens is 1. The lowest BCUT2D eigenvalue weighted by Crippen LogP contribution is -2.55. The van der Waals surface area contributed by atoms with Crippen molar-refractivity contribution in [3.8, 4) is 0 Å². The lowest BCUT2D eigenvalue weighted by Gasteiger charge is -2.47. The highest BCUT2D eigenvalue weighted by molar-refractivity contribution is 5.29. The minimum atomic E-state index is -0.160. The Balaban J connectivity index is 1.92. The number of nitrogens with zero attached hydrogens (tertiary/aromatic N) is 1. The first-order valence-corrected chi connectivity index (χ1v) is 8.39. The summed E-state index contributed by atoms with van der Waals surface area (Å²) in [7, 11) is 0. The number of hydrogen-bond acceptors (Lipinski definition) is 2. The Hall–Kier alpha value is -0.930. The van der Waals surface area contributed by atoms with Crippen LogP contribution in [0.5, 0.6) is 0 Å². The van der Waals surface area contributed by atoms with Crippen LogP contribution in [0.15, 0.2) is 18.2 Å². The summed E-state index contributed by atoms with van der Waals surface area (Å²) in [5, 5.41) is 0. The molecular formula is C18H27FN2. The lowest BCUT2D eigenvalue weighted by molar-refractivity contribution is 0.0477. The molecule has 1 aliphatic carbocycles. The molecule has 2 fully saturated rings. The van der Waals surface area contributed by atoms with Gasteiger partial charge in [0.15, 0.2) is 0 Å². The Morgan fingerprint density at radius 3 is 2.33 bits per heavy atom. The molecule has 3 heteroatoms. The Labute approximate surface area is 127 Å². The molecule has 0 bridgehead atoms. The van der Waals surface area contributed by atoms with Crippen LogP contribution in [0.4, 0.5) is 4.39 Å². The minimum Gasteiger partial charge on any atom is -0.322 e. The molecule has 2 nitrogen and oxygen atoms in total. The summed E-state index contributed by atoms with van der Waals surface area (Å²) >= 11 is 0. The molecule has 1 aromatic rings. The highest BCUT2D eigenvalue weighted by atomic mass is 19.1. The fourth-order valence-corrected chi connectivity index (χ4v) is 4.40. The quantitative estimate of drug-likeness (QED) is 0.914. The number of piperidine rings is 1. The van der Waals surface area contributed by atoms with Gasteiger partial charge in [-0.05, 0) is 69.0 Å². The van der Waals surface area contributed by atoms with Crippen molar-refractivity contribution in [1.29, 1.82) is 0 Å². The Morgan fingerprint density at radius 2 is 1.71 bits per heavy atom. The molecule has 0 spiro atoms. The molecule has 1 heterocycles. The van der Waals surface area contributed by atoms with E-state index in [0.717, 1.165) is 37.1 Å². The van der Waals surface area contributed by atoms with E-state index >= 15 is 0 Å². The van der Waals surface area contributed by atoms with Gasteiger partial charge in [0.25, 0.3) is 0 Å². The van der Waals surface area contributed by atoms with Crippen LogP contribution in [0.1, 0.15) is 62.1 Å². The second-order valence-corrected chi connectivity index (χ2v) is 6.90. The summed E-state index contributed by atoms with van der Waals surface area (Å²) in [6, 6.07) is 5.21. The van der Waals surface area contributed by atoms with Gasteiger partial charge in [0.2, 0.25) is 0 Å². The van der Waals surface area contributed by atoms with Crippen molar-refractivity contribution in [3.05, 3.63) is 35.1 Å². The molecule has 21 heavy (non-hydrogen) atoms. The summed E-state index contributed by atoms with van der Waals surface area (Å²) in [6.45, 7) is 4.26. The molecule has 1 aliphatic heterocycles. The van der Waals surface area contributed by atoms with E-state index in [4.69, 9.17) is 5.73 Å². The lowest BCUT2D eigenvalue weighted by atomic mass is 9.81. The average molecular weight is 290 g/mol. The van der Waals surface area contributed by atoms with Crippen LogP contribution in [0.3, 0.4) is 0 Å². The molecule has 0 aromatic heterocycles. The van der Waals surface area contributed by atoms with E-state index in [1.54, 1.807) is 12.1 Å². The zero-order valence-electron chi connectivity index (χ0n) is 13.1. The van der Waals surface area contributed by atoms with Gasteiger partial charge in [-0.1, -0.05) is 25.3 Å². The normalized spacial score (nSPS) is 24.1. The first-order valence-electron chi connectivity index (χ1n) is 8.39. The van der Waals surface area contributed by atoms with E-state index in [1.165, 1.54) is 32.1 Å². The number of nitrogens with two attached hydrogens (primary N) is 1. The molecule has 1 atom stereocenters. The van der Waals surface area contributed by atoms with Crippen LogP contribution >= 0.6 is 0 Å². The third kappa shape index (κ3) is 2.86. The number of likely N-dealkylation sites (tertiary alicyclic amines) is 1. The molecule has 0 amide bonds. The van der Waals surface area contributed by atoms with Crippen molar-refractivity contribution in [2.75, 3.05) is 13.1 Å². The minimum absolute atomic E-state index is 0.0562. The standard InChI is InChI=1S/C18H27FN2/c1-14-11-15(13-16(19)12-14)17(20)18(7-3-4-8-18)21-9-5-2-6-10-21/h11-13,17H,2-10,20H2,1H3. The van der Waals surface area contributed by atoms with Crippen molar-refractivity contribution < 1.29 is 4.39 Å². The van der Waals surface area contributed by atoms with E-state index < -0.39 is 0 Å². The van der Waals surface area contributed by atoms with Crippen molar-refractivity contribution in [1.82, 2.24) is 4.90 Å². The zero-order chi connectivity index (χ0) is 14.9. The molecule has 2 N–H and O–H groups in total. The van der Waals surface area contributed by atoms with Gasteiger partial charge in [0, 0.05) is 11.6 Å². The fourth-order valence-electron chi connectivity index (χ4n) is 4.40. The summed E-state index contributed by atoms with van der Waals surface area (Å²) in [5.74, 6) is -0.160. The van der Waals surface area contributed by atoms with Crippen molar-refractivity contribution in [2.24, 2.45) is 5.73 Å². The predicted octanol–water partition coefficient (Wildman–Crippen LogP) is 3.93. The molecule has 0 radical (unpaired) electrons. The molecule has 1 aromatic carbocycles. The Bertz CT molecular complexity index is 468. The van der Waals surface area contributed by atoms with Crippen LogP contribution in [-0.2, 0) is 0 Å². The maximum Gasteiger partial charge on any atom is 0.123 e. The third-order valence-corrected chi connectivity index (χ3v) is 5.46. The van der Waals surface area contributed by atoms with E-state index in [-0.39, 0.29) is 17.4 Å². The van der Waals surface area contributed by atoms with Crippen LogP contribution < -0.4 is 5.73 Å². The second kappa shape index (κ2) is 6.05. The van der Waals surface area contributed by atoms with Crippen LogP contribution in [0.2, 0.25) is 0 Å². The maximum atomic E-state index is 13.8. The summed E-state index contributed by atoms with van der Waals surface area (Å²) < 4.78 is 13.8. The molecule has 1 saturated heterocycles. The molecule has 3 rings (SSSR count). The van der Waals surface area contributed by atoms with Crippen LogP contribution in [-0.4, -0.2) is 23.5 Å². The fraction of sp³-hybridized carbons (Fsp3) is 0.667. The van der Waals surface area contributed by atoms with E-state index in [1.807, 2.05) is 6.92 Å². The van der Waals surface area contributed by atoms with Gasteiger partial charge in [-0.25, -0.2) is 4.39 Å². The molecular weight excluding hydrogens is 263 g/mol.